The number of carbonyl (C=O) groups excluding carboxylic acids is 1. The lowest BCUT2D eigenvalue weighted by molar-refractivity contribution is -0.138. The first-order valence-corrected chi connectivity index (χ1v) is 7.42. The number of halogens is 1. The normalized spacial score (nSPS) is 13.0. The monoisotopic (exact) mass is 321 g/mol. The number of nitrogens with zero attached hydrogens (tertiary/aromatic N) is 3. The van der Waals surface area contributed by atoms with Gasteiger partial charge in [-0.05, 0) is 38.1 Å². The zero-order chi connectivity index (χ0) is 16.5. The summed E-state index contributed by atoms with van der Waals surface area (Å²) >= 11 is 5.88. The van der Waals surface area contributed by atoms with Crippen LogP contribution in [0.2, 0.25) is 5.02 Å². The first-order chi connectivity index (χ1) is 10.2. The molecule has 0 saturated heterocycles. The molecule has 0 fully saturated rings. The summed E-state index contributed by atoms with van der Waals surface area (Å²) in [5.41, 5.74) is -0.566. The summed E-state index contributed by atoms with van der Waals surface area (Å²) in [5, 5.41) is 4.90. The molecule has 0 aliphatic carbocycles. The molecule has 0 radical (unpaired) electrons. The van der Waals surface area contributed by atoms with Crippen LogP contribution in [-0.4, -0.2) is 20.5 Å². The number of rotatable bonds is 4. The fourth-order valence-electron chi connectivity index (χ4n) is 1.99. The van der Waals surface area contributed by atoms with Gasteiger partial charge in [0.15, 0.2) is 0 Å². The fraction of sp³-hybridized carbons (Fsp3) is 0.438. The lowest BCUT2D eigenvalue weighted by atomic mass is 9.89. The second kappa shape index (κ2) is 6.08. The predicted octanol–water partition coefficient (Wildman–Crippen LogP) is 3.74. The van der Waals surface area contributed by atoms with Crippen molar-refractivity contribution in [2.75, 3.05) is 0 Å². The van der Waals surface area contributed by atoms with Gasteiger partial charge in [0.25, 0.3) is 6.23 Å². The molecule has 1 unspecified atom stereocenters. The third kappa shape index (κ3) is 3.65. The van der Waals surface area contributed by atoms with E-state index in [1.54, 1.807) is 38.1 Å². The molecule has 5 nitrogen and oxygen atoms in total. The molecule has 6 heteroatoms. The average molecular weight is 322 g/mol. The van der Waals surface area contributed by atoms with Crippen LogP contribution in [0, 0.1) is 19.3 Å². The highest BCUT2D eigenvalue weighted by molar-refractivity contribution is 6.30. The Labute approximate surface area is 135 Å². The van der Waals surface area contributed by atoms with E-state index in [-0.39, 0.29) is 5.78 Å². The summed E-state index contributed by atoms with van der Waals surface area (Å²) in [6.07, 6.45) is -0.859. The number of hydrogen-bond acceptors (Lipinski definition) is 4. The summed E-state index contributed by atoms with van der Waals surface area (Å²) < 4.78 is 7.42. The van der Waals surface area contributed by atoms with E-state index in [0.717, 1.165) is 0 Å². The lowest BCUT2D eigenvalue weighted by Gasteiger charge is -2.25. The minimum atomic E-state index is -0.859. The number of benzene rings is 1. The van der Waals surface area contributed by atoms with Crippen LogP contribution in [0.25, 0.3) is 0 Å². The zero-order valence-electron chi connectivity index (χ0n) is 13.4. The van der Waals surface area contributed by atoms with Gasteiger partial charge < -0.3 is 4.74 Å². The van der Waals surface area contributed by atoms with E-state index < -0.39 is 11.6 Å². The van der Waals surface area contributed by atoms with Crippen LogP contribution in [0.3, 0.4) is 0 Å². The maximum atomic E-state index is 12.8. The number of hydrogen-bond donors (Lipinski definition) is 0. The van der Waals surface area contributed by atoms with E-state index in [4.69, 9.17) is 16.3 Å². The SMILES string of the molecule is Cc1nc(C)n(C(Oc2ccc(Cl)cc2)C(=O)C(C)(C)C)n1. The minimum absolute atomic E-state index is 0.0737. The molecule has 1 aromatic carbocycles. The summed E-state index contributed by atoms with van der Waals surface area (Å²) in [5.74, 6) is 1.72. The van der Waals surface area contributed by atoms with Gasteiger partial charge in [-0.25, -0.2) is 9.67 Å². The van der Waals surface area contributed by atoms with E-state index >= 15 is 0 Å². The van der Waals surface area contributed by atoms with E-state index in [1.165, 1.54) is 4.68 Å². The fourth-order valence-corrected chi connectivity index (χ4v) is 2.11. The van der Waals surface area contributed by atoms with Crippen molar-refractivity contribution in [3.05, 3.63) is 40.9 Å². The van der Waals surface area contributed by atoms with Crippen molar-refractivity contribution in [2.24, 2.45) is 5.41 Å². The predicted molar refractivity (Wildman–Crippen MR) is 85.1 cm³/mol. The quantitative estimate of drug-likeness (QED) is 0.860. The molecule has 0 aliphatic heterocycles. The van der Waals surface area contributed by atoms with E-state index in [0.29, 0.717) is 22.4 Å². The van der Waals surface area contributed by atoms with Crippen LogP contribution in [0.1, 0.15) is 38.6 Å². The molecule has 2 rings (SSSR count). The van der Waals surface area contributed by atoms with Crippen molar-refractivity contribution < 1.29 is 9.53 Å². The lowest BCUT2D eigenvalue weighted by Crippen LogP contribution is -2.35. The largest absolute Gasteiger partial charge is 0.461 e. The Morgan fingerprint density at radius 1 is 1.23 bits per heavy atom. The van der Waals surface area contributed by atoms with Gasteiger partial charge in [-0.1, -0.05) is 32.4 Å². The minimum Gasteiger partial charge on any atom is -0.461 e. The third-order valence-electron chi connectivity index (χ3n) is 3.15. The van der Waals surface area contributed by atoms with E-state index in [2.05, 4.69) is 10.1 Å². The molecule has 0 aliphatic rings. The summed E-state index contributed by atoms with van der Waals surface area (Å²) in [4.78, 5) is 17.0. The van der Waals surface area contributed by atoms with Gasteiger partial charge in [0.1, 0.15) is 17.4 Å². The van der Waals surface area contributed by atoms with Crippen molar-refractivity contribution >= 4 is 17.4 Å². The molecule has 1 heterocycles. The smallest absolute Gasteiger partial charge is 0.252 e. The van der Waals surface area contributed by atoms with Gasteiger partial charge in [-0.2, -0.15) is 5.10 Å². The topological polar surface area (TPSA) is 57.0 Å². The Morgan fingerprint density at radius 3 is 2.27 bits per heavy atom. The number of ether oxygens (including phenoxy) is 1. The van der Waals surface area contributed by atoms with Gasteiger partial charge >= 0.3 is 0 Å². The molecule has 1 aromatic heterocycles. The molecular weight excluding hydrogens is 302 g/mol. The van der Waals surface area contributed by atoms with Crippen LogP contribution >= 0.6 is 11.6 Å². The molecule has 0 saturated carbocycles. The Hall–Kier alpha value is -1.88. The second-order valence-electron chi connectivity index (χ2n) is 6.19. The maximum Gasteiger partial charge on any atom is 0.252 e. The zero-order valence-corrected chi connectivity index (χ0v) is 14.2. The summed E-state index contributed by atoms with van der Waals surface area (Å²) in [6, 6.07) is 6.89. The number of ketones is 1. The number of Topliss-reactive ketones (excluding diaryl/α,β-unsaturated/α-hetero) is 1. The highest BCUT2D eigenvalue weighted by Gasteiger charge is 2.34. The van der Waals surface area contributed by atoms with Crippen molar-refractivity contribution in [1.82, 2.24) is 14.8 Å². The van der Waals surface area contributed by atoms with Crippen molar-refractivity contribution in [1.29, 1.82) is 0 Å². The Balaban J connectivity index is 2.39. The standard InChI is InChI=1S/C16H20ClN3O2/c1-10-18-11(2)20(19-10)15(14(21)16(3,4)5)22-13-8-6-12(17)7-9-13/h6-9,15H,1-5H3. The molecule has 22 heavy (non-hydrogen) atoms. The van der Waals surface area contributed by atoms with Gasteiger partial charge in [-0.3, -0.25) is 4.79 Å². The third-order valence-corrected chi connectivity index (χ3v) is 3.41. The van der Waals surface area contributed by atoms with Gasteiger partial charge in [0, 0.05) is 10.4 Å². The molecule has 0 N–H and O–H groups in total. The van der Waals surface area contributed by atoms with Crippen LogP contribution in [0.5, 0.6) is 5.75 Å². The first kappa shape index (κ1) is 16.5. The molecule has 1 atom stereocenters. The molecular formula is C16H20ClN3O2. The second-order valence-corrected chi connectivity index (χ2v) is 6.63. The Morgan fingerprint density at radius 2 is 1.82 bits per heavy atom. The van der Waals surface area contributed by atoms with Crippen molar-refractivity contribution in [2.45, 2.75) is 40.8 Å². The Bertz CT molecular complexity index is 672. The molecule has 118 valence electrons. The number of aromatic nitrogens is 3. The molecule has 0 spiro atoms. The number of aryl methyl sites for hydroxylation is 2. The first-order valence-electron chi connectivity index (χ1n) is 7.05. The molecule has 0 bridgehead atoms. The maximum absolute atomic E-state index is 12.8. The Kier molecular flexibility index (Phi) is 4.56. The molecule has 0 amide bonds. The van der Waals surface area contributed by atoms with E-state index in [9.17, 15) is 4.79 Å². The van der Waals surface area contributed by atoms with Crippen LogP contribution < -0.4 is 4.74 Å². The molecule has 2 aromatic rings. The van der Waals surface area contributed by atoms with Gasteiger partial charge in [0.05, 0.1) is 0 Å². The van der Waals surface area contributed by atoms with Gasteiger partial charge in [0.2, 0.25) is 5.78 Å². The average Bonchev–Trinajstić information content (AvgIpc) is 2.75. The highest BCUT2D eigenvalue weighted by atomic mass is 35.5. The van der Waals surface area contributed by atoms with Gasteiger partial charge in [-0.15, -0.1) is 0 Å². The van der Waals surface area contributed by atoms with Crippen LogP contribution in [0.15, 0.2) is 24.3 Å². The summed E-state index contributed by atoms with van der Waals surface area (Å²) in [7, 11) is 0. The van der Waals surface area contributed by atoms with Crippen LogP contribution in [0.4, 0.5) is 0 Å². The van der Waals surface area contributed by atoms with E-state index in [1.807, 2.05) is 20.8 Å². The van der Waals surface area contributed by atoms with Crippen molar-refractivity contribution in [3.8, 4) is 5.75 Å². The van der Waals surface area contributed by atoms with Crippen LogP contribution in [-0.2, 0) is 4.79 Å². The number of carbonyl (C=O) groups is 1. The highest BCUT2D eigenvalue weighted by Crippen LogP contribution is 2.27. The van der Waals surface area contributed by atoms with Crippen molar-refractivity contribution in [3.63, 3.8) is 0 Å². The summed E-state index contributed by atoms with van der Waals surface area (Å²) in [6.45, 7) is 9.14.